The lowest BCUT2D eigenvalue weighted by Gasteiger charge is -2.14. The van der Waals surface area contributed by atoms with E-state index in [1.165, 1.54) is 6.07 Å². The van der Waals surface area contributed by atoms with Gasteiger partial charge in [0.2, 0.25) is 10.0 Å². The zero-order valence-corrected chi connectivity index (χ0v) is 13.1. The van der Waals surface area contributed by atoms with Crippen LogP contribution in [-0.4, -0.2) is 26.1 Å². The van der Waals surface area contributed by atoms with Gasteiger partial charge in [-0.05, 0) is 50.3 Å². The van der Waals surface area contributed by atoms with Crippen LogP contribution in [0.3, 0.4) is 0 Å². The van der Waals surface area contributed by atoms with Crippen molar-refractivity contribution in [3.05, 3.63) is 23.3 Å². The van der Waals surface area contributed by atoms with Crippen LogP contribution in [0, 0.1) is 13.8 Å². The third-order valence-electron chi connectivity index (χ3n) is 2.97. The Kier molecular flexibility index (Phi) is 6.17. The molecule has 0 spiro atoms. The molecule has 1 rings (SSSR count). The number of nitrogens with two attached hydrogens (primary N) is 1. The minimum Gasteiger partial charge on any atom is -0.492 e. The Morgan fingerprint density at radius 3 is 2.48 bits per heavy atom. The topological polar surface area (TPSA) is 107 Å². The van der Waals surface area contributed by atoms with Crippen LogP contribution in [0.25, 0.3) is 0 Å². The van der Waals surface area contributed by atoms with Crippen molar-refractivity contribution in [2.24, 2.45) is 5.14 Å². The van der Waals surface area contributed by atoms with Crippen molar-refractivity contribution < 1.29 is 23.1 Å². The van der Waals surface area contributed by atoms with Crippen LogP contribution >= 0.6 is 0 Å². The Bertz CT molecular complexity index is 610. The first kappa shape index (κ1) is 17.5. The Hall–Kier alpha value is -1.60. The number of benzene rings is 1. The van der Waals surface area contributed by atoms with Crippen LogP contribution in [0.2, 0.25) is 0 Å². The average molecular weight is 315 g/mol. The fourth-order valence-electron chi connectivity index (χ4n) is 2.04. The second-order valence-corrected chi connectivity index (χ2v) is 6.54. The fraction of sp³-hybridized carbons (Fsp3) is 0.500. The summed E-state index contributed by atoms with van der Waals surface area (Å²) in [5.74, 6) is -0.539. The molecule has 0 radical (unpaired) electrons. The van der Waals surface area contributed by atoms with E-state index in [4.69, 9.17) is 15.0 Å². The number of sulfonamides is 1. The summed E-state index contributed by atoms with van der Waals surface area (Å²) in [6.45, 7) is 3.88. The van der Waals surface area contributed by atoms with Gasteiger partial charge in [0.05, 0.1) is 6.61 Å². The normalized spacial score (nSPS) is 11.4. The number of aryl methyl sites for hydroxylation is 2. The Balaban J connectivity index is 2.69. The van der Waals surface area contributed by atoms with E-state index in [9.17, 15) is 13.2 Å². The van der Waals surface area contributed by atoms with Crippen LogP contribution in [0.15, 0.2) is 17.0 Å². The van der Waals surface area contributed by atoms with Crippen LogP contribution in [0.1, 0.15) is 36.8 Å². The molecule has 6 nitrogen and oxygen atoms in total. The molecule has 0 heterocycles. The van der Waals surface area contributed by atoms with Crippen LogP contribution < -0.4 is 9.88 Å². The number of ether oxygens (including phenoxy) is 1. The van der Waals surface area contributed by atoms with Crippen molar-refractivity contribution in [2.45, 2.75) is 44.4 Å². The van der Waals surface area contributed by atoms with Crippen LogP contribution in [-0.2, 0) is 14.8 Å². The summed E-state index contributed by atoms with van der Waals surface area (Å²) in [7, 11) is -3.84. The lowest BCUT2D eigenvalue weighted by molar-refractivity contribution is -0.137. The Labute approximate surface area is 125 Å². The molecule has 0 aliphatic carbocycles. The first-order valence-electron chi connectivity index (χ1n) is 6.70. The van der Waals surface area contributed by atoms with E-state index >= 15 is 0 Å². The van der Waals surface area contributed by atoms with Gasteiger partial charge in [-0.2, -0.15) is 0 Å². The Morgan fingerprint density at radius 1 is 1.24 bits per heavy atom. The van der Waals surface area contributed by atoms with Gasteiger partial charge >= 0.3 is 5.97 Å². The number of carboxylic acid groups (broad SMARTS) is 1. The number of unbranched alkanes of at least 4 members (excludes halogenated alkanes) is 2. The summed E-state index contributed by atoms with van der Waals surface area (Å²) in [6.07, 6.45) is 2.08. The molecule has 0 unspecified atom stereocenters. The molecule has 0 saturated carbocycles. The molecule has 1 aromatic carbocycles. The number of hydrogen-bond donors (Lipinski definition) is 2. The zero-order chi connectivity index (χ0) is 16.0. The summed E-state index contributed by atoms with van der Waals surface area (Å²) >= 11 is 0. The van der Waals surface area contributed by atoms with Gasteiger partial charge in [0.15, 0.2) is 0 Å². The highest BCUT2D eigenvalue weighted by atomic mass is 32.2. The highest BCUT2D eigenvalue weighted by Gasteiger charge is 2.18. The van der Waals surface area contributed by atoms with Crippen molar-refractivity contribution in [2.75, 3.05) is 6.61 Å². The zero-order valence-electron chi connectivity index (χ0n) is 12.3. The molecule has 0 saturated heterocycles. The molecule has 0 amide bonds. The highest BCUT2D eigenvalue weighted by Crippen LogP contribution is 2.28. The van der Waals surface area contributed by atoms with Crippen molar-refractivity contribution in [1.82, 2.24) is 0 Å². The van der Waals surface area contributed by atoms with Gasteiger partial charge in [0, 0.05) is 6.42 Å². The number of carbonyl (C=O) groups is 1. The maximum atomic E-state index is 11.6. The largest absolute Gasteiger partial charge is 0.492 e. The SMILES string of the molecule is Cc1cc(C)c(OCCCCCC(=O)O)c(S(N)(=O)=O)c1. The average Bonchev–Trinajstić information content (AvgIpc) is 2.33. The first-order chi connectivity index (χ1) is 9.71. The lowest BCUT2D eigenvalue weighted by Crippen LogP contribution is -2.15. The number of primary sulfonamides is 1. The minimum atomic E-state index is -3.84. The van der Waals surface area contributed by atoms with E-state index in [-0.39, 0.29) is 17.1 Å². The molecule has 7 heteroatoms. The molecule has 0 aromatic heterocycles. The van der Waals surface area contributed by atoms with Gasteiger partial charge in [-0.25, -0.2) is 13.6 Å². The van der Waals surface area contributed by atoms with Gasteiger partial charge in [-0.15, -0.1) is 0 Å². The second kappa shape index (κ2) is 7.42. The smallest absolute Gasteiger partial charge is 0.303 e. The van der Waals surface area contributed by atoms with Gasteiger partial charge in [-0.1, -0.05) is 6.07 Å². The van der Waals surface area contributed by atoms with Crippen LogP contribution in [0.5, 0.6) is 5.75 Å². The van der Waals surface area contributed by atoms with E-state index in [1.54, 1.807) is 13.8 Å². The summed E-state index contributed by atoms with van der Waals surface area (Å²) in [5, 5.41) is 13.7. The van der Waals surface area contributed by atoms with E-state index in [0.717, 1.165) is 5.56 Å². The molecule has 0 fully saturated rings. The quantitative estimate of drug-likeness (QED) is 0.713. The predicted molar refractivity (Wildman–Crippen MR) is 78.9 cm³/mol. The molecule has 0 aliphatic heterocycles. The van der Waals surface area contributed by atoms with E-state index < -0.39 is 16.0 Å². The van der Waals surface area contributed by atoms with E-state index in [1.807, 2.05) is 6.07 Å². The van der Waals surface area contributed by atoms with Crippen molar-refractivity contribution in [3.8, 4) is 5.75 Å². The molecule has 0 bridgehead atoms. The molecule has 3 N–H and O–H groups in total. The van der Waals surface area contributed by atoms with Crippen molar-refractivity contribution >= 4 is 16.0 Å². The maximum absolute atomic E-state index is 11.6. The predicted octanol–water partition coefficient (Wildman–Crippen LogP) is 1.97. The third kappa shape index (κ3) is 5.73. The van der Waals surface area contributed by atoms with E-state index in [0.29, 0.717) is 31.4 Å². The molecular formula is C14H21NO5S. The molecule has 118 valence electrons. The van der Waals surface area contributed by atoms with E-state index in [2.05, 4.69) is 0 Å². The summed E-state index contributed by atoms with van der Waals surface area (Å²) in [4.78, 5) is 10.4. The number of carboxylic acids is 1. The number of hydrogen-bond acceptors (Lipinski definition) is 4. The molecule has 0 atom stereocenters. The number of rotatable bonds is 8. The maximum Gasteiger partial charge on any atom is 0.303 e. The fourth-order valence-corrected chi connectivity index (χ4v) is 2.87. The van der Waals surface area contributed by atoms with Gasteiger partial charge in [0.25, 0.3) is 0 Å². The monoisotopic (exact) mass is 315 g/mol. The third-order valence-corrected chi connectivity index (χ3v) is 3.89. The molecule has 21 heavy (non-hydrogen) atoms. The molecule has 1 aromatic rings. The molecular weight excluding hydrogens is 294 g/mol. The standard InChI is InChI=1S/C14H21NO5S/c1-10-8-11(2)14(12(9-10)21(15,18)19)20-7-5-3-4-6-13(16)17/h8-9H,3-7H2,1-2H3,(H,16,17)(H2,15,18,19). The summed E-state index contributed by atoms with van der Waals surface area (Å²) in [5.41, 5.74) is 1.51. The minimum absolute atomic E-state index is 0.00876. The summed E-state index contributed by atoms with van der Waals surface area (Å²) in [6, 6.07) is 3.32. The van der Waals surface area contributed by atoms with Crippen molar-refractivity contribution in [3.63, 3.8) is 0 Å². The molecule has 0 aliphatic rings. The lowest BCUT2D eigenvalue weighted by atomic mass is 10.1. The van der Waals surface area contributed by atoms with Gasteiger partial charge in [-0.3, -0.25) is 4.79 Å². The first-order valence-corrected chi connectivity index (χ1v) is 8.25. The Morgan fingerprint density at radius 2 is 1.90 bits per heavy atom. The van der Waals surface area contributed by atoms with Gasteiger partial charge in [0.1, 0.15) is 10.6 Å². The highest BCUT2D eigenvalue weighted by molar-refractivity contribution is 7.89. The number of aliphatic carboxylic acids is 1. The summed E-state index contributed by atoms with van der Waals surface area (Å²) < 4.78 is 28.8. The van der Waals surface area contributed by atoms with Crippen LogP contribution in [0.4, 0.5) is 0 Å². The second-order valence-electron chi connectivity index (χ2n) is 5.01. The van der Waals surface area contributed by atoms with Crippen molar-refractivity contribution in [1.29, 1.82) is 0 Å². The van der Waals surface area contributed by atoms with Gasteiger partial charge < -0.3 is 9.84 Å².